The number of ether oxygens (including phenoxy) is 1. The van der Waals surface area contributed by atoms with E-state index in [2.05, 4.69) is 4.74 Å². The van der Waals surface area contributed by atoms with Gasteiger partial charge in [0.15, 0.2) is 6.61 Å². The molecule has 7 heteroatoms. The van der Waals surface area contributed by atoms with Gasteiger partial charge in [-0.25, -0.2) is 9.69 Å². The monoisotopic (exact) mass is 320 g/mol. The highest BCUT2D eigenvalue weighted by Crippen LogP contribution is 2.22. The molecule has 2 saturated heterocycles. The van der Waals surface area contributed by atoms with Crippen molar-refractivity contribution in [2.24, 2.45) is 5.92 Å². The molecular weight excluding hydrogens is 304 g/mol. The van der Waals surface area contributed by atoms with Crippen LogP contribution in [0.15, 0.2) is 29.2 Å². The Balaban J connectivity index is 1.53. The average Bonchev–Trinajstić information content (AvgIpc) is 2.81. The van der Waals surface area contributed by atoms with Crippen molar-refractivity contribution in [3.8, 4) is 0 Å². The van der Waals surface area contributed by atoms with Gasteiger partial charge in [-0.05, 0) is 30.5 Å². The first-order valence-electron chi connectivity index (χ1n) is 6.99. The van der Waals surface area contributed by atoms with Gasteiger partial charge < -0.3 is 9.64 Å². The maximum atomic E-state index is 12.3. The maximum Gasteiger partial charge on any atom is 0.417 e. The molecule has 0 saturated carbocycles. The van der Waals surface area contributed by atoms with E-state index in [1.54, 1.807) is 16.7 Å². The number of nitrogens with zero attached hydrogens (tertiary/aromatic N) is 2. The Kier molecular flexibility index (Phi) is 4.06. The van der Waals surface area contributed by atoms with Gasteiger partial charge in [0, 0.05) is 36.0 Å². The number of amides is 3. The summed E-state index contributed by atoms with van der Waals surface area (Å²) in [7, 11) is 0. The normalized spacial score (nSPS) is 18.4. The molecule has 0 bridgehead atoms. The van der Waals surface area contributed by atoms with Crippen molar-refractivity contribution in [2.45, 2.75) is 4.90 Å². The average molecular weight is 320 g/mol. The number of likely N-dealkylation sites (tertiary alicyclic amines) is 1. The summed E-state index contributed by atoms with van der Waals surface area (Å²) in [6.45, 7) is 1.27. The van der Waals surface area contributed by atoms with Gasteiger partial charge in [0.1, 0.15) is 0 Å². The summed E-state index contributed by atoms with van der Waals surface area (Å²) in [5, 5.41) is 0. The first kappa shape index (κ1) is 14.9. The molecule has 6 nitrogen and oxygen atoms in total. The predicted octanol–water partition coefficient (Wildman–Crippen LogP) is 1.46. The lowest BCUT2D eigenvalue weighted by molar-refractivity contribution is -0.126. The smallest absolute Gasteiger partial charge is 0.417 e. The molecule has 0 unspecified atom stereocenters. The molecule has 3 rings (SSSR count). The van der Waals surface area contributed by atoms with Crippen LogP contribution >= 0.6 is 11.8 Å². The molecule has 116 valence electrons. The van der Waals surface area contributed by atoms with Crippen LogP contribution in [0.2, 0.25) is 0 Å². The number of carbonyl (C=O) groups excluding carboxylic acids is 3. The van der Waals surface area contributed by atoms with Gasteiger partial charge in [0.2, 0.25) is 0 Å². The van der Waals surface area contributed by atoms with E-state index in [9.17, 15) is 14.4 Å². The molecule has 2 heterocycles. The van der Waals surface area contributed by atoms with Gasteiger partial charge in [-0.3, -0.25) is 9.59 Å². The lowest BCUT2D eigenvalue weighted by Crippen LogP contribution is -2.54. The van der Waals surface area contributed by atoms with Gasteiger partial charge in [-0.2, -0.15) is 0 Å². The van der Waals surface area contributed by atoms with Crippen LogP contribution in [0.4, 0.5) is 4.79 Å². The molecule has 2 aliphatic heterocycles. The molecule has 22 heavy (non-hydrogen) atoms. The number of cyclic esters (lactones) is 1. The predicted molar refractivity (Wildman–Crippen MR) is 80.7 cm³/mol. The van der Waals surface area contributed by atoms with Crippen LogP contribution in [-0.4, -0.2) is 60.2 Å². The van der Waals surface area contributed by atoms with E-state index >= 15 is 0 Å². The van der Waals surface area contributed by atoms with E-state index in [-0.39, 0.29) is 24.3 Å². The second-order valence-corrected chi connectivity index (χ2v) is 6.24. The zero-order chi connectivity index (χ0) is 15.7. The summed E-state index contributed by atoms with van der Waals surface area (Å²) in [6.07, 6.45) is 1.41. The lowest BCUT2D eigenvalue weighted by atomic mass is 9.98. The third kappa shape index (κ3) is 2.81. The highest BCUT2D eigenvalue weighted by atomic mass is 32.2. The van der Waals surface area contributed by atoms with E-state index in [4.69, 9.17) is 0 Å². The number of hydrogen-bond acceptors (Lipinski definition) is 5. The summed E-state index contributed by atoms with van der Waals surface area (Å²) < 4.78 is 4.67. The molecule has 1 aromatic carbocycles. The van der Waals surface area contributed by atoms with Gasteiger partial charge in [-0.1, -0.05) is 0 Å². The van der Waals surface area contributed by atoms with E-state index in [1.165, 1.54) is 0 Å². The molecule has 0 aliphatic carbocycles. The van der Waals surface area contributed by atoms with Crippen LogP contribution < -0.4 is 0 Å². The van der Waals surface area contributed by atoms with Crippen LogP contribution in [0.1, 0.15) is 10.4 Å². The van der Waals surface area contributed by atoms with Crippen molar-refractivity contribution < 1.29 is 19.1 Å². The molecular formula is C15H16N2O4S. The highest BCUT2D eigenvalue weighted by molar-refractivity contribution is 7.98. The number of rotatable bonds is 4. The van der Waals surface area contributed by atoms with E-state index in [0.717, 1.165) is 9.80 Å². The fraction of sp³-hybridized carbons (Fsp3) is 0.400. The minimum Gasteiger partial charge on any atom is -0.439 e. The molecule has 3 amide bonds. The van der Waals surface area contributed by atoms with Crippen LogP contribution in [0, 0.1) is 5.92 Å². The number of carbonyl (C=O) groups is 3. The zero-order valence-corrected chi connectivity index (χ0v) is 13.0. The number of benzene rings is 1. The third-order valence-corrected chi connectivity index (χ3v) is 4.61. The largest absolute Gasteiger partial charge is 0.439 e. The Hall–Kier alpha value is -2.02. The standard InChI is InChI=1S/C15H16N2O4S/c1-22-12-4-2-11(3-5-12)14(19)16-6-10(7-16)8-17-13(18)9-21-15(17)20/h2-5,10H,6-9H2,1H3. The first-order valence-corrected chi connectivity index (χ1v) is 8.21. The van der Waals surface area contributed by atoms with Crippen LogP contribution in [0.5, 0.6) is 0 Å². The Morgan fingerprint density at radius 1 is 1.27 bits per heavy atom. The Bertz CT molecular complexity index is 594. The third-order valence-electron chi connectivity index (χ3n) is 3.86. The number of hydrogen-bond donors (Lipinski definition) is 0. The number of imide groups is 1. The molecule has 0 atom stereocenters. The molecule has 0 aromatic heterocycles. The molecule has 0 spiro atoms. The summed E-state index contributed by atoms with van der Waals surface area (Å²) >= 11 is 1.63. The van der Waals surface area contributed by atoms with Crippen molar-refractivity contribution in [3.63, 3.8) is 0 Å². The molecule has 2 fully saturated rings. The SMILES string of the molecule is CSc1ccc(C(=O)N2CC(CN3C(=O)COC3=O)C2)cc1. The van der Waals surface area contributed by atoms with Crippen molar-refractivity contribution in [3.05, 3.63) is 29.8 Å². The molecule has 2 aliphatic rings. The van der Waals surface area contributed by atoms with Gasteiger partial charge >= 0.3 is 6.09 Å². The van der Waals surface area contributed by atoms with Crippen molar-refractivity contribution in [2.75, 3.05) is 32.5 Å². The fourth-order valence-corrected chi connectivity index (χ4v) is 2.99. The quantitative estimate of drug-likeness (QED) is 0.786. The van der Waals surface area contributed by atoms with Crippen molar-refractivity contribution >= 4 is 29.7 Å². The Labute approximate surface area is 132 Å². The van der Waals surface area contributed by atoms with Gasteiger partial charge in [0.05, 0.1) is 0 Å². The summed E-state index contributed by atoms with van der Waals surface area (Å²) in [6, 6.07) is 7.49. The van der Waals surface area contributed by atoms with Crippen LogP contribution in [-0.2, 0) is 9.53 Å². The topological polar surface area (TPSA) is 66.9 Å². The fourth-order valence-electron chi connectivity index (χ4n) is 2.58. The Morgan fingerprint density at radius 2 is 1.95 bits per heavy atom. The maximum absolute atomic E-state index is 12.3. The summed E-state index contributed by atoms with van der Waals surface area (Å²) in [5.41, 5.74) is 0.660. The summed E-state index contributed by atoms with van der Waals surface area (Å²) in [5.74, 6) is -0.189. The van der Waals surface area contributed by atoms with E-state index in [0.29, 0.717) is 25.2 Å². The summed E-state index contributed by atoms with van der Waals surface area (Å²) in [4.78, 5) is 39.1. The number of thioether (sulfide) groups is 1. The highest BCUT2D eigenvalue weighted by Gasteiger charge is 2.38. The minimum atomic E-state index is -0.581. The molecule has 0 N–H and O–H groups in total. The van der Waals surface area contributed by atoms with E-state index < -0.39 is 6.09 Å². The zero-order valence-electron chi connectivity index (χ0n) is 12.2. The van der Waals surface area contributed by atoms with Gasteiger partial charge in [0.25, 0.3) is 11.8 Å². The molecule has 0 radical (unpaired) electrons. The van der Waals surface area contributed by atoms with Gasteiger partial charge in [-0.15, -0.1) is 11.8 Å². The van der Waals surface area contributed by atoms with Crippen molar-refractivity contribution in [1.82, 2.24) is 9.80 Å². The van der Waals surface area contributed by atoms with Crippen LogP contribution in [0.3, 0.4) is 0 Å². The minimum absolute atomic E-state index is 0.0146. The van der Waals surface area contributed by atoms with Crippen LogP contribution in [0.25, 0.3) is 0 Å². The Morgan fingerprint density at radius 3 is 2.50 bits per heavy atom. The first-order chi connectivity index (χ1) is 10.6. The van der Waals surface area contributed by atoms with Crippen molar-refractivity contribution in [1.29, 1.82) is 0 Å². The lowest BCUT2D eigenvalue weighted by Gasteiger charge is -2.40. The second kappa shape index (κ2) is 6.00. The van der Waals surface area contributed by atoms with E-state index in [1.807, 2.05) is 30.5 Å². The second-order valence-electron chi connectivity index (χ2n) is 5.36. The molecule has 1 aromatic rings.